The molecule has 0 aliphatic rings. The topological polar surface area (TPSA) is 123 Å². The molecule has 2 heterocycles. The van der Waals surface area contributed by atoms with Gasteiger partial charge in [-0.05, 0) is 42.5 Å². The Bertz CT molecular complexity index is 1230. The smallest absolute Gasteiger partial charge is 0.238 e. The summed E-state index contributed by atoms with van der Waals surface area (Å²) in [4.78, 5) is 13.0. The summed E-state index contributed by atoms with van der Waals surface area (Å²) in [6.07, 6.45) is 5.16. The average molecular weight is 392 g/mol. The molecule has 0 spiro atoms. The van der Waals surface area contributed by atoms with Crippen LogP contribution in [0.15, 0.2) is 78.1 Å². The van der Waals surface area contributed by atoms with Gasteiger partial charge in [-0.3, -0.25) is 4.98 Å². The molecule has 4 N–H and O–H groups in total. The molecule has 0 radical (unpaired) electrons. The summed E-state index contributed by atoms with van der Waals surface area (Å²) in [7, 11) is -3.73. The number of hydrogen-bond donors (Lipinski definition) is 3. The molecule has 0 atom stereocenters. The molecule has 4 rings (SSSR count). The minimum atomic E-state index is -3.73. The van der Waals surface area contributed by atoms with Crippen LogP contribution >= 0.6 is 0 Å². The van der Waals surface area contributed by atoms with Crippen molar-refractivity contribution in [3.05, 3.63) is 73.2 Å². The maximum absolute atomic E-state index is 11.4. The van der Waals surface area contributed by atoms with E-state index in [1.165, 1.54) is 12.1 Å². The van der Waals surface area contributed by atoms with E-state index in [0.717, 1.165) is 22.3 Å². The molecule has 2 aromatic heterocycles. The fraction of sp³-hybridized carbons (Fsp3) is 0. The Balaban J connectivity index is 1.64. The van der Waals surface area contributed by atoms with E-state index in [9.17, 15) is 8.42 Å². The first kappa shape index (κ1) is 17.8. The lowest BCUT2D eigenvalue weighted by Gasteiger charge is -2.11. The number of nitrogens with one attached hydrogen (secondary N) is 2. The number of anilines is 4. The van der Waals surface area contributed by atoms with Crippen molar-refractivity contribution in [1.82, 2.24) is 15.0 Å². The minimum Gasteiger partial charge on any atom is -0.352 e. The molecule has 0 saturated carbocycles. The number of hydrogen-bond acceptors (Lipinski definition) is 7. The average Bonchev–Trinajstić information content (AvgIpc) is 2.69. The lowest BCUT2D eigenvalue weighted by atomic mass is 10.2. The predicted octanol–water partition coefficient (Wildman–Crippen LogP) is 3.16. The molecular weight excluding hydrogens is 376 g/mol. The van der Waals surface area contributed by atoms with Gasteiger partial charge in [-0.15, -0.1) is 0 Å². The van der Waals surface area contributed by atoms with E-state index >= 15 is 0 Å². The quantitative estimate of drug-likeness (QED) is 0.477. The molecule has 0 unspecified atom stereocenters. The van der Waals surface area contributed by atoms with E-state index in [0.29, 0.717) is 11.6 Å². The van der Waals surface area contributed by atoms with Gasteiger partial charge in [0.15, 0.2) is 0 Å². The van der Waals surface area contributed by atoms with Crippen molar-refractivity contribution in [1.29, 1.82) is 0 Å². The molecule has 140 valence electrons. The number of fused-ring (bicyclic) bond motifs is 1. The van der Waals surface area contributed by atoms with Gasteiger partial charge in [-0.2, -0.15) is 0 Å². The van der Waals surface area contributed by atoms with Crippen molar-refractivity contribution in [2.75, 3.05) is 10.6 Å². The number of aromatic nitrogens is 3. The van der Waals surface area contributed by atoms with E-state index < -0.39 is 10.0 Å². The maximum atomic E-state index is 11.4. The number of nitrogens with two attached hydrogens (primary N) is 1. The number of para-hydroxylation sites is 1. The molecule has 0 bridgehead atoms. The fourth-order valence-electron chi connectivity index (χ4n) is 2.67. The summed E-state index contributed by atoms with van der Waals surface area (Å²) in [6, 6.07) is 15.6. The summed E-state index contributed by atoms with van der Waals surface area (Å²) in [5, 5.41) is 12.4. The van der Waals surface area contributed by atoms with Crippen LogP contribution in [0.4, 0.5) is 23.0 Å². The van der Waals surface area contributed by atoms with Crippen LogP contribution in [0.3, 0.4) is 0 Å². The van der Waals surface area contributed by atoms with Crippen LogP contribution in [-0.2, 0) is 10.0 Å². The van der Waals surface area contributed by atoms with Crippen molar-refractivity contribution in [3.8, 4) is 0 Å². The third-order valence-corrected chi connectivity index (χ3v) is 4.92. The SMILES string of the molecule is NS(=O)(=O)c1ccc(Nc2ncc3cccc(Nc4cccnc4)c3n2)cc1. The first-order valence-corrected chi connectivity index (χ1v) is 9.86. The van der Waals surface area contributed by atoms with Crippen molar-refractivity contribution in [3.63, 3.8) is 0 Å². The van der Waals surface area contributed by atoms with Crippen LogP contribution in [-0.4, -0.2) is 23.4 Å². The highest BCUT2D eigenvalue weighted by molar-refractivity contribution is 7.89. The molecule has 0 saturated heterocycles. The molecular formula is C19H16N6O2S. The van der Waals surface area contributed by atoms with Gasteiger partial charge in [0.05, 0.1) is 28.0 Å². The number of sulfonamides is 1. The van der Waals surface area contributed by atoms with Crippen LogP contribution < -0.4 is 15.8 Å². The summed E-state index contributed by atoms with van der Waals surface area (Å²) in [5.41, 5.74) is 3.05. The molecule has 28 heavy (non-hydrogen) atoms. The van der Waals surface area contributed by atoms with Crippen LogP contribution in [0.1, 0.15) is 0 Å². The fourth-order valence-corrected chi connectivity index (χ4v) is 3.18. The summed E-state index contributed by atoms with van der Waals surface area (Å²) in [6.45, 7) is 0. The largest absolute Gasteiger partial charge is 0.352 e. The Labute approximate surface area is 161 Å². The molecule has 2 aromatic carbocycles. The van der Waals surface area contributed by atoms with Crippen molar-refractivity contribution in [2.24, 2.45) is 5.14 Å². The standard InChI is InChI=1S/C19H16N6O2S/c20-28(26,27)16-8-6-14(7-9-16)24-19-22-11-13-3-1-5-17(18(13)25-19)23-15-4-2-10-21-12-15/h1-12,23H,(H2,20,26,27)(H,22,24,25). The Morgan fingerprint density at radius 3 is 2.39 bits per heavy atom. The van der Waals surface area contributed by atoms with E-state index in [1.807, 2.05) is 30.3 Å². The Hall–Kier alpha value is -3.56. The molecule has 0 amide bonds. The lowest BCUT2D eigenvalue weighted by molar-refractivity contribution is 0.598. The van der Waals surface area contributed by atoms with Gasteiger partial charge in [0.2, 0.25) is 16.0 Å². The molecule has 4 aromatic rings. The number of benzene rings is 2. The normalized spacial score (nSPS) is 11.3. The van der Waals surface area contributed by atoms with Gasteiger partial charge in [0, 0.05) is 23.5 Å². The highest BCUT2D eigenvalue weighted by atomic mass is 32.2. The first-order chi connectivity index (χ1) is 13.5. The third-order valence-electron chi connectivity index (χ3n) is 3.99. The van der Waals surface area contributed by atoms with E-state index in [2.05, 4.69) is 25.6 Å². The second-order valence-electron chi connectivity index (χ2n) is 6.00. The van der Waals surface area contributed by atoms with Crippen LogP contribution in [0, 0.1) is 0 Å². The second-order valence-corrected chi connectivity index (χ2v) is 7.56. The van der Waals surface area contributed by atoms with Gasteiger partial charge in [0.25, 0.3) is 0 Å². The van der Waals surface area contributed by atoms with Crippen molar-refractivity contribution >= 4 is 43.9 Å². The van der Waals surface area contributed by atoms with Crippen LogP contribution in [0.2, 0.25) is 0 Å². The lowest BCUT2D eigenvalue weighted by Crippen LogP contribution is -2.11. The zero-order chi connectivity index (χ0) is 19.6. The molecule has 8 nitrogen and oxygen atoms in total. The summed E-state index contributed by atoms with van der Waals surface area (Å²) < 4.78 is 22.7. The minimum absolute atomic E-state index is 0.0421. The first-order valence-electron chi connectivity index (χ1n) is 8.32. The Morgan fingerprint density at radius 2 is 1.68 bits per heavy atom. The third kappa shape index (κ3) is 3.90. The second kappa shape index (κ2) is 7.22. The van der Waals surface area contributed by atoms with Gasteiger partial charge in [-0.1, -0.05) is 12.1 Å². The van der Waals surface area contributed by atoms with Gasteiger partial charge >= 0.3 is 0 Å². The van der Waals surface area contributed by atoms with Crippen molar-refractivity contribution < 1.29 is 8.42 Å². The summed E-state index contributed by atoms with van der Waals surface area (Å²) in [5.74, 6) is 0.385. The highest BCUT2D eigenvalue weighted by Crippen LogP contribution is 2.26. The molecule has 0 aliphatic heterocycles. The Kier molecular flexibility index (Phi) is 4.60. The molecule has 9 heteroatoms. The number of rotatable bonds is 5. The van der Waals surface area contributed by atoms with Crippen LogP contribution in [0.5, 0.6) is 0 Å². The Morgan fingerprint density at radius 1 is 0.857 bits per heavy atom. The van der Waals surface area contributed by atoms with Gasteiger partial charge in [-0.25, -0.2) is 23.5 Å². The molecule has 0 fully saturated rings. The van der Waals surface area contributed by atoms with E-state index in [1.54, 1.807) is 30.7 Å². The van der Waals surface area contributed by atoms with Crippen molar-refractivity contribution in [2.45, 2.75) is 4.90 Å². The zero-order valence-electron chi connectivity index (χ0n) is 14.6. The monoisotopic (exact) mass is 392 g/mol. The number of nitrogens with zero attached hydrogens (tertiary/aromatic N) is 3. The predicted molar refractivity (Wildman–Crippen MR) is 108 cm³/mol. The van der Waals surface area contributed by atoms with Crippen LogP contribution in [0.25, 0.3) is 10.9 Å². The zero-order valence-corrected chi connectivity index (χ0v) is 15.4. The summed E-state index contributed by atoms with van der Waals surface area (Å²) >= 11 is 0. The van der Waals surface area contributed by atoms with E-state index in [-0.39, 0.29) is 4.90 Å². The maximum Gasteiger partial charge on any atom is 0.238 e. The van der Waals surface area contributed by atoms with E-state index in [4.69, 9.17) is 5.14 Å². The highest BCUT2D eigenvalue weighted by Gasteiger charge is 2.09. The van der Waals surface area contributed by atoms with Gasteiger partial charge in [0.1, 0.15) is 0 Å². The number of pyridine rings is 1. The number of primary sulfonamides is 1. The molecule has 0 aliphatic carbocycles. The van der Waals surface area contributed by atoms with Gasteiger partial charge < -0.3 is 10.6 Å².